The van der Waals surface area contributed by atoms with Crippen LogP contribution in [-0.4, -0.2) is 34.3 Å². The Morgan fingerprint density at radius 3 is 2.48 bits per heavy atom. The number of benzene rings is 3. The second-order valence-electron chi connectivity index (χ2n) is 11.1. The van der Waals surface area contributed by atoms with Crippen molar-refractivity contribution >= 4 is 5.57 Å². The van der Waals surface area contributed by atoms with Gasteiger partial charge in [-0.25, -0.2) is 4.98 Å². The van der Waals surface area contributed by atoms with E-state index in [2.05, 4.69) is 107 Å². The monoisotopic (exact) mass is 587 g/mol. The van der Waals surface area contributed by atoms with Crippen molar-refractivity contribution in [1.82, 2.24) is 14.5 Å². The van der Waals surface area contributed by atoms with Gasteiger partial charge in [-0.2, -0.15) is 0 Å². The number of hydrogen-bond acceptors (Lipinski definition) is 5. The van der Waals surface area contributed by atoms with E-state index in [9.17, 15) is 0 Å². The van der Waals surface area contributed by atoms with E-state index in [1.165, 1.54) is 16.8 Å². The normalized spacial score (nSPS) is 14.0. The Hall–Kier alpha value is -4.55. The fourth-order valence-corrected chi connectivity index (χ4v) is 5.87. The van der Waals surface area contributed by atoms with Crippen molar-refractivity contribution in [2.45, 2.75) is 52.9 Å². The van der Waals surface area contributed by atoms with Gasteiger partial charge in [0, 0.05) is 37.3 Å². The molecule has 0 atom stereocenters. The first-order chi connectivity index (χ1) is 21.7. The lowest BCUT2D eigenvalue weighted by Gasteiger charge is -2.26. The minimum absolute atomic E-state index is 0.573. The maximum Gasteiger partial charge on any atom is 0.161 e. The van der Waals surface area contributed by atoms with Gasteiger partial charge in [0.2, 0.25) is 0 Å². The standard InChI is InChI=1S/C38H41N3O3/c1-3-21-41-34(37(31-14-8-5-6-9-15-31)39-38(41)32-16-10-7-11-17-32)28-40(26-29-13-12-18-33(24-29)42-4-2)27-30-19-20-35-36(25-30)44-23-22-43-35/h5,7-20,24-25H,3-4,6,21-23,26-28H2,1-2H3. The van der Waals surface area contributed by atoms with Crippen LogP contribution in [0.5, 0.6) is 17.2 Å². The minimum Gasteiger partial charge on any atom is -0.494 e. The van der Waals surface area contributed by atoms with Crippen molar-refractivity contribution in [2.24, 2.45) is 0 Å². The van der Waals surface area contributed by atoms with E-state index in [1.54, 1.807) is 0 Å². The highest BCUT2D eigenvalue weighted by molar-refractivity contribution is 5.77. The first-order valence-electron chi connectivity index (χ1n) is 15.7. The van der Waals surface area contributed by atoms with Gasteiger partial charge in [0.15, 0.2) is 11.5 Å². The molecule has 0 unspecified atom stereocenters. The molecule has 6 nitrogen and oxygen atoms in total. The second-order valence-corrected chi connectivity index (χ2v) is 11.1. The van der Waals surface area contributed by atoms with Crippen molar-refractivity contribution in [3.8, 4) is 28.6 Å². The van der Waals surface area contributed by atoms with Gasteiger partial charge in [0.05, 0.1) is 18.0 Å². The first-order valence-corrected chi connectivity index (χ1v) is 15.7. The third-order valence-corrected chi connectivity index (χ3v) is 7.81. The molecule has 0 N–H and O–H groups in total. The number of ether oxygens (including phenoxy) is 3. The Balaban J connectivity index is 1.43. The predicted molar refractivity (Wildman–Crippen MR) is 177 cm³/mol. The highest BCUT2D eigenvalue weighted by atomic mass is 16.6. The molecule has 0 saturated carbocycles. The van der Waals surface area contributed by atoms with Crippen molar-refractivity contribution < 1.29 is 14.2 Å². The minimum atomic E-state index is 0.573. The van der Waals surface area contributed by atoms with Crippen molar-refractivity contribution in [2.75, 3.05) is 19.8 Å². The molecule has 6 heteroatoms. The van der Waals surface area contributed by atoms with Crippen LogP contribution < -0.4 is 14.2 Å². The maximum absolute atomic E-state index is 5.94. The molecule has 1 aliphatic heterocycles. The lowest BCUT2D eigenvalue weighted by atomic mass is 10.1. The van der Waals surface area contributed by atoms with Crippen LogP contribution in [0.15, 0.2) is 103 Å². The van der Waals surface area contributed by atoms with Gasteiger partial charge in [-0.05, 0) is 55.2 Å². The average Bonchev–Trinajstić information content (AvgIpc) is 3.20. The summed E-state index contributed by atoms with van der Waals surface area (Å²) in [5, 5.41) is 0. The molecule has 6 rings (SSSR count). The second kappa shape index (κ2) is 14.3. The molecular formula is C38H41N3O3. The lowest BCUT2D eigenvalue weighted by Crippen LogP contribution is -2.25. The maximum atomic E-state index is 5.94. The molecule has 2 heterocycles. The van der Waals surface area contributed by atoms with Gasteiger partial charge >= 0.3 is 0 Å². The Bertz CT molecular complexity index is 1650. The molecule has 44 heavy (non-hydrogen) atoms. The van der Waals surface area contributed by atoms with E-state index in [1.807, 2.05) is 19.1 Å². The topological polar surface area (TPSA) is 48.8 Å². The molecule has 0 spiro atoms. The third-order valence-electron chi connectivity index (χ3n) is 7.81. The SMILES string of the molecule is CCCn1c(-c2ccccc2)nc(C2=CC=CCC=C2)c1CN(Cc1cccc(OCC)c1)Cc1ccc2c(c1)OCCO2. The molecule has 226 valence electrons. The Morgan fingerprint density at radius 1 is 0.841 bits per heavy atom. The van der Waals surface area contributed by atoms with E-state index in [0.717, 1.165) is 78.9 Å². The molecule has 0 amide bonds. The predicted octanol–water partition coefficient (Wildman–Crippen LogP) is 8.23. The number of aromatic nitrogens is 2. The Kier molecular flexibility index (Phi) is 9.58. The average molecular weight is 588 g/mol. The zero-order valence-corrected chi connectivity index (χ0v) is 25.7. The van der Waals surface area contributed by atoms with Crippen molar-refractivity contribution in [1.29, 1.82) is 0 Å². The summed E-state index contributed by atoms with van der Waals surface area (Å²) < 4.78 is 20.0. The van der Waals surface area contributed by atoms with Crippen molar-refractivity contribution in [3.05, 3.63) is 126 Å². The lowest BCUT2D eigenvalue weighted by molar-refractivity contribution is 0.170. The van der Waals surface area contributed by atoms with Gasteiger partial charge < -0.3 is 18.8 Å². The molecule has 1 aliphatic carbocycles. The molecule has 0 bridgehead atoms. The van der Waals surface area contributed by atoms with Gasteiger partial charge in [-0.1, -0.05) is 85.8 Å². The van der Waals surface area contributed by atoms with Crippen LogP contribution in [0.1, 0.15) is 49.2 Å². The van der Waals surface area contributed by atoms with E-state index in [0.29, 0.717) is 19.8 Å². The third kappa shape index (κ3) is 6.98. The molecular weight excluding hydrogens is 546 g/mol. The number of hydrogen-bond donors (Lipinski definition) is 0. The van der Waals surface area contributed by atoms with Crippen LogP contribution in [0, 0.1) is 0 Å². The van der Waals surface area contributed by atoms with Crippen LogP contribution in [0.2, 0.25) is 0 Å². The molecule has 3 aromatic carbocycles. The number of fused-ring (bicyclic) bond motifs is 1. The van der Waals surface area contributed by atoms with Crippen LogP contribution in [0.3, 0.4) is 0 Å². The van der Waals surface area contributed by atoms with E-state index in [-0.39, 0.29) is 0 Å². The van der Waals surface area contributed by atoms with Crippen LogP contribution in [-0.2, 0) is 26.2 Å². The number of nitrogens with zero attached hydrogens (tertiary/aromatic N) is 3. The quantitative estimate of drug-likeness (QED) is 0.167. The summed E-state index contributed by atoms with van der Waals surface area (Å²) in [6.07, 6.45) is 12.9. The summed E-state index contributed by atoms with van der Waals surface area (Å²) in [6, 6.07) is 25.3. The molecule has 1 aromatic heterocycles. The van der Waals surface area contributed by atoms with Crippen LogP contribution in [0.4, 0.5) is 0 Å². The van der Waals surface area contributed by atoms with Crippen LogP contribution >= 0.6 is 0 Å². The molecule has 0 fully saturated rings. The van der Waals surface area contributed by atoms with Gasteiger partial charge in [-0.3, -0.25) is 4.90 Å². The highest BCUT2D eigenvalue weighted by Crippen LogP contribution is 2.33. The summed E-state index contributed by atoms with van der Waals surface area (Å²) >= 11 is 0. The molecule has 4 aromatic rings. The summed E-state index contributed by atoms with van der Waals surface area (Å²) in [4.78, 5) is 7.85. The molecule has 0 saturated heterocycles. The van der Waals surface area contributed by atoms with Gasteiger partial charge in [0.25, 0.3) is 0 Å². The van der Waals surface area contributed by atoms with Gasteiger partial charge in [-0.15, -0.1) is 0 Å². The van der Waals surface area contributed by atoms with E-state index >= 15 is 0 Å². The van der Waals surface area contributed by atoms with Crippen molar-refractivity contribution in [3.63, 3.8) is 0 Å². The summed E-state index contributed by atoms with van der Waals surface area (Å²) in [5.74, 6) is 3.54. The molecule has 0 radical (unpaired) electrons. The molecule has 2 aliphatic rings. The van der Waals surface area contributed by atoms with Gasteiger partial charge in [0.1, 0.15) is 24.8 Å². The first kappa shape index (κ1) is 29.5. The number of rotatable bonds is 12. The summed E-state index contributed by atoms with van der Waals surface area (Å²) in [6.45, 7) is 9.15. The fraction of sp³-hybridized carbons (Fsp3) is 0.289. The van der Waals surface area contributed by atoms with E-state index < -0.39 is 0 Å². The zero-order valence-electron chi connectivity index (χ0n) is 25.7. The highest BCUT2D eigenvalue weighted by Gasteiger charge is 2.23. The van der Waals surface area contributed by atoms with E-state index in [4.69, 9.17) is 19.2 Å². The summed E-state index contributed by atoms with van der Waals surface area (Å²) in [7, 11) is 0. The Labute approximate surface area is 260 Å². The largest absolute Gasteiger partial charge is 0.494 e. The smallest absolute Gasteiger partial charge is 0.161 e. The summed E-state index contributed by atoms with van der Waals surface area (Å²) in [5.41, 5.74) is 6.91. The Morgan fingerprint density at radius 2 is 1.66 bits per heavy atom. The number of allylic oxidation sites excluding steroid dienone is 6. The number of imidazole rings is 1. The zero-order chi connectivity index (χ0) is 30.1. The van der Waals surface area contributed by atoms with Crippen LogP contribution in [0.25, 0.3) is 17.0 Å². The fourth-order valence-electron chi connectivity index (χ4n) is 5.87.